The van der Waals surface area contributed by atoms with Crippen LogP contribution in [0.3, 0.4) is 0 Å². The second-order valence-corrected chi connectivity index (χ2v) is 7.11. The SMILES string of the molecule is COc1ccc2c(c1)OCC(C1=Nc3cc(-c4ccnc(N)n4)ccc3C1)C2. The normalized spacial score (nSPS) is 17.3. The minimum absolute atomic E-state index is 0.275. The molecule has 0 saturated heterocycles. The number of anilines is 1. The molecule has 0 spiro atoms. The Labute approximate surface area is 163 Å². The van der Waals surface area contributed by atoms with Crippen LogP contribution >= 0.6 is 0 Å². The Hall–Kier alpha value is -3.41. The van der Waals surface area contributed by atoms with Crippen LogP contribution in [0.2, 0.25) is 0 Å². The van der Waals surface area contributed by atoms with Crippen LogP contribution in [-0.4, -0.2) is 29.4 Å². The second kappa shape index (κ2) is 6.64. The molecule has 2 N–H and O–H groups in total. The van der Waals surface area contributed by atoms with Crippen LogP contribution in [0.25, 0.3) is 11.3 Å². The molecule has 28 heavy (non-hydrogen) atoms. The first-order chi connectivity index (χ1) is 13.7. The third-order valence-electron chi connectivity index (χ3n) is 5.34. The zero-order valence-corrected chi connectivity index (χ0v) is 15.6. The lowest BCUT2D eigenvalue weighted by Crippen LogP contribution is -2.28. The molecular formula is C22H20N4O2. The predicted octanol–water partition coefficient (Wildman–Crippen LogP) is 3.61. The summed E-state index contributed by atoms with van der Waals surface area (Å²) >= 11 is 0. The summed E-state index contributed by atoms with van der Waals surface area (Å²) in [5, 5.41) is 0. The van der Waals surface area contributed by atoms with Gasteiger partial charge in [-0.3, -0.25) is 4.99 Å². The Balaban J connectivity index is 1.40. The van der Waals surface area contributed by atoms with Gasteiger partial charge in [-0.2, -0.15) is 0 Å². The highest BCUT2D eigenvalue weighted by atomic mass is 16.5. The molecular weight excluding hydrogens is 352 g/mol. The average Bonchev–Trinajstić information content (AvgIpc) is 3.16. The van der Waals surface area contributed by atoms with Gasteiger partial charge in [0.1, 0.15) is 11.5 Å². The number of hydrogen-bond acceptors (Lipinski definition) is 6. The Kier molecular flexibility index (Phi) is 3.97. The quantitative estimate of drug-likeness (QED) is 0.759. The molecule has 0 aliphatic carbocycles. The van der Waals surface area contributed by atoms with E-state index in [-0.39, 0.29) is 11.9 Å². The van der Waals surface area contributed by atoms with Crippen LogP contribution in [0.15, 0.2) is 53.7 Å². The molecule has 5 rings (SSSR count). The predicted molar refractivity (Wildman–Crippen MR) is 108 cm³/mol. The number of aliphatic imine (C=N–C) groups is 1. The van der Waals surface area contributed by atoms with E-state index in [4.69, 9.17) is 20.2 Å². The highest BCUT2D eigenvalue weighted by Gasteiger charge is 2.28. The van der Waals surface area contributed by atoms with Gasteiger partial charge < -0.3 is 15.2 Å². The van der Waals surface area contributed by atoms with Gasteiger partial charge in [-0.1, -0.05) is 18.2 Å². The van der Waals surface area contributed by atoms with Crippen LogP contribution < -0.4 is 15.2 Å². The van der Waals surface area contributed by atoms with Gasteiger partial charge in [-0.25, -0.2) is 9.97 Å². The molecule has 0 fully saturated rings. The highest BCUT2D eigenvalue weighted by Crippen LogP contribution is 2.37. The fraction of sp³-hybridized carbons (Fsp3) is 0.227. The average molecular weight is 372 g/mol. The molecule has 0 amide bonds. The van der Waals surface area contributed by atoms with Crippen molar-refractivity contribution >= 4 is 17.3 Å². The molecule has 6 heteroatoms. The molecule has 2 aliphatic rings. The summed E-state index contributed by atoms with van der Waals surface area (Å²) in [6, 6.07) is 14.1. The summed E-state index contributed by atoms with van der Waals surface area (Å²) in [6.07, 6.45) is 3.47. The molecule has 0 bridgehead atoms. The molecule has 3 aromatic rings. The van der Waals surface area contributed by atoms with E-state index in [1.807, 2.05) is 18.2 Å². The van der Waals surface area contributed by atoms with Crippen LogP contribution in [-0.2, 0) is 12.8 Å². The first-order valence-corrected chi connectivity index (χ1v) is 9.28. The van der Waals surface area contributed by atoms with Crippen molar-refractivity contribution < 1.29 is 9.47 Å². The van der Waals surface area contributed by atoms with Gasteiger partial charge in [0.05, 0.1) is 25.1 Å². The number of nitrogen functional groups attached to an aromatic ring is 1. The summed E-state index contributed by atoms with van der Waals surface area (Å²) < 4.78 is 11.3. The third-order valence-corrected chi connectivity index (χ3v) is 5.34. The van der Waals surface area contributed by atoms with Crippen LogP contribution in [0, 0.1) is 5.92 Å². The van der Waals surface area contributed by atoms with Crippen LogP contribution in [0.5, 0.6) is 11.5 Å². The van der Waals surface area contributed by atoms with Crippen molar-refractivity contribution in [1.82, 2.24) is 9.97 Å². The van der Waals surface area contributed by atoms with E-state index in [0.717, 1.165) is 41.3 Å². The van der Waals surface area contributed by atoms with Gasteiger partial charge in [0, 0.05) is 35.9 Å². The van der Waals surface area contributed by atoms with Gasteiger partial charge in [-0.05, 0) is 35.7 Å². The lowest BCUT2D eigenvalue weighted by atomic mass is 9.90. The maximum Gasteiger partial charge on any atom is 0.220 e. The second-order valence-electron chi connectivity index (χ2n) is 7.11. The number of hydrogen-bond donors (Lipinski definition) is 1. The molecule has 6 nitrogen and oxygen atoms in total. The van der Waals surface area contributed by atoms with Crippen molar-refractivity contribution in [3.8, 4) is 22.8 Å². The lowest BCUT2D eigenvalue weighted by Gasteiger charge is -2.25. The van der Waals surface area contributed by atoms with Crippen molar-refractivity contribution in [3.63, 3.8) is 0 Å². The number of methoxy groups -OCH3 is 1. The Morgan fingerprint density at radius 3 is 2.86 bits per heavy atom. The minimum atomic E-state index is 0.275. The monoisotopic (exact) mass is 372 g/mol. The van der Waals surface area contributed by atoms with Gasteiger partial charge in [-0.15, -0.1) is 0 Å². The van der Waals surface area contributed by atoms with Crippen molar-refractivity contribution in [2.24, 2.45) is 10.9 Å². The summed E-state index contributed by atoms with van der Waals surface area (Å²) in [5.74, 6) is 2.29. The minimum Gasteiger partial charge on any atom is -0.497 e. The van der Waals surface area contributed by atoms with E-state index >= 15 is 0 Å². The zero-order chi connectivity index (χ0) is 19.1. The summed E-state index contributed by atoms with van der Waals surface area (Å²) in [7, 11) is 1.67. The number of rotatable bonds is 3. The van der Waals surface area contributed by atoms with Crippen LogP contribution in [0.1, 0.15) is 11.1 Å². The topological polar surface area (TPSA) is 82.6 Å². The molecule has 1 atom stereocenters. The number of fused-ring (bicyclic) bond motifs is 2. The number of nitrogens with zero attached hydrogens (tertiary/aromatic N) is 3. The number of ether oxygens (including phenoxy) is 2. The standard InChI is InChI=1S/C22H20N4O2/c1-27-17-5-4-15-8-16(12-28-21(15)11-17)20-10-14-3-2-13(9-19(14)25-20)18-6-7-24-22(23)26-18/h2-7,9,11,16H,8,10,12H2,1H3,(H2,23,24,26). The third kappa shape index (κ3) is 2.97. The van der Waals surface area contributed by atoms with Crippen LogP contribution in [0.4, 0.5) is 11.6 Å². The van der Waals surface area contributed by atoms with Gasteiger partial charge in [0.2, 0.25) is 5.95 Å². The summed E-state index contributed by atoms with van der Waals surface area (Å²) in [5.41, 5.74) is 12.1. The van der Waals surface area contributed by atoms with E-state index in [2.05, 4.69) is 34.2 Å². The largest absolute Gasteiger partial charge is 0.497 e. The Morgan fingerprint density at radius 1 is 1.11 bits per heavy atom. The van der Waals surface area contributed by atoms with Crippen molar-refractivity contribution in [2.45, 2.75) is 12.8 Å². The maximum absolute atomic E-state index is 6.00. The molecule has 3 heterocycles. The van der Waals surface area contributed by atoms with Crippen molar-refractivity contribution in [2.75, 3.05) is 19.5 Å². The van der Waals surface area contributed by atoms with E-state index in [0.29, 0.717) is 6.61 Å². The number of benzene rings is 2. The fourth-order valence-electron chi connectivity index (χ4n) is 3.83. The molecule has 2 aromatic carbocycles. The molecule has 1 unspecified atom stereocenters. The fourth-order valence-corrected chi connectivity index (χ4v) is 3.83. The van der Waals surface area contributed by atoms with E-state index in [9.17, 15) is 0 Å². The molecule has 0 radical (unpaired) electrons. The van der Waals surface area contributed by atoms with Gasteiger partial charge >= 0.3 is 0 Å². The van der Waals surface area contributed by atoms with E-state index in [1.54, 1.807) is 13.3 Å². The Morgan fingerprint density at radius 2 is 2.00 bits per heavy atom. The van der Waals surface area contributed by atoms with E-state index in [1.165, 1.54) is 16.8 Å². The molecule has 140 valence electrons. The first kappa shape index (κ1) is 16.7. The molecule has 0 saturated carbocycles. The smallest absolute Gasteiger partial charge is 0.220 e. The van der Waals surface area contributed by atoms with E-state index < -0.39 is 0 Å². The maximum atomic E-state index is 6.00. The first-order valence-electron chi connectivity index (χ1n) is 9.28. The number of nitrogens with two attached hydrogens (primary N) is 1. The zero-order valence-electron chi connectivity index (χ0n) is 15.6. The summed E-state index contributed by atoms with van der Waals surface area (Å²) in [4.78, 5) is 13.2. The van der Waals surface area contributed by atoms with Crippen molar-refractivity contribution in [1.29, 1.82) is 0 Å². The Bertz CT molecular complexity index is 1090. The lowest BCUT2D eigenvalue weighted by molar-refractivity contribution is 0.256. The van der Waals surface area contributed by atoms with Crippen molar-refractivity contribution in [3.05, 3.63) is 59.8 Å². The highest BCUT2D eigenvalue weighted by molar-refractivity contribution is 5.96. The van der Waals surface area contributed by atoms with Gasteiger partial charge in [0.15, 0.2) is 0 Å². The molecule has 1 aromatic heterocycles. The van der Waals surface area contributed by atoms with Gasteiger partial charge in [0.25, 0.3) is 0 Å². The number of aromatic nitrogens is 2. The molecule has 2 aliphatic heterocycles. The summed E-state index contributed by atoms with van der Waals surface area (Å²) in [6.45, 7) is 0.641.